The fourth-order valence-corrected chi connectivity index (χ4v) is 3.53. The Morgan fingerprint density at radius 2 is 1.92 bits per heavy atom. The molecular formula is C19H16F2N2O3. The van der Waals surface area contributed by atoms with E-state index < -0.39 is 17.7 Å². The van der Waals surface area contributed by atoms with Crippen LogP contribution in [0.5, 0.6) is 0 Å². The molecule has 0 spiro atoms. The number of nitrogens with one attached hydrogen (secondary N) is 1. The predicted molar refractivity (Wildman–Crippen MR) is 90.7 cm³/mol. The Balaban J connectivity index is 1.77. The van der Waals surface area contributed by atoms with E-state index in [-0.39, 0.29) is 29.0 Å². The highest BCUT2D eigenvalue weighted by atomic mass is 19.1. The molecule has 1 N–H and O–H groups in total. The number of carbonyl (C=O) groups is 2. The molecule has 4 rings (SSSR count). The minimum absolute atomic E-state index is 0.185. The lowest BCUT2D eigenvalue weighted by Crippen LogP contribution is -2.40. The zero-order valence-electron chi connectivity index (χ0n) is 14.0. The molecule has 0 bridgehead atoms. The van der Waals surface area contributed by atoms with Crippen LogP contribution in [0.25, 0.3) is 11.1 Å². The maximum absolute atomic E-state index is 14.1. The Morgan fingerprint density at radius 3 is 2.65 bits per heavy atom. The number of rotatable bonds is 2. The fraction of sp³-hybridized carbons (Fsp3) is 0.263. The Bertz CT molecular complexity index is 916. The fourth-order valence-electron chi connectivity index (χ4n) is 3.53. The van der Waals surface area contributed by atoms with E-state index in [4.69, 9.17) is 4.74 Å². The SMILES string of the molecule is COC1CC2C(=O)Nc3ccc(-c4ccc(F)cc4F)cc3C(=O)N2C1. The topological polar surface area (TPSA) is 58.6 Å². The number of fused-ring (bicyclic) bond motifs is 2. The van der Waals surface area contributed by atoms with Crippen LogP contribution < -0.4 is 5.32 Å². The van der Waals surface area contributed by atoms with Crippen LogP contribution in [-0.4, -0.2) is 42.5 Å². The molecule has 2 aromatic rings. The molecule has 2 aliphatic rings. The van der Waals surface area contributed by atoms with Crippen molar-refractivity contribution in [2.24, 2.45) is 0 Å². The molecule has 1 saturated heterocycles. The van der Waals surface area contributed by atoms with Crippen molar-refractivity contribution in [2.45, 2.75) is 18.6 Å². The normalized spacial score (nSPS) is 21.9. The summed E-state index contributed by atoms with van der Waals surface area (Å²) in [6.07, 6.45) is 0.232. The van der Waals surface area contributed by atoms with E-state index >= 15 is 0 Å². The molecule has 2 heterocycles. The smallest absolute Gasteiger partial charge is 0.256 e. The summed E-state index contributed by atoms with van der Waals surface area (Å²) in [6.45, 7) is 0.321. The molecule has 7 heteroatoms. The third-order valence-corrected chi connectivity index (χ3v) is 4.91. The number of hydrogen-bond donors (Lipinski definition) is 1. The van der Waals surface area contributed by atoms with E-state index in [1.54, 1.807) is 19.2 Å². The number of anilines is 1. The number of methoxy groups -OCH3 is 1. The van der Waals surface area contributed by atoms with Crippen LogP contribution in [0, 0.1) is 11.6 Å². The summed E-state index contributed by atoms with van der Waals surface area (Å²) in [4.78, 5) is 26.9. The zero-order chi connectivity index (χ0) is 18.4. The first-order chi connectivity index (χ1) is 12.5. The monoisotopic (exact) mass is 358 g/mol. The van der Waals surface area contributed by atoms with Crippen molar-refractivity contribution in [2.75, 3.05) is 19.0 Å². The summed E-state index contributed by atoms with van der Waals surface area (Å²) in [5, 5.41) is 2.76. The van der Waals surface area contributed by atoms with Gasteiger partial charge in [-0.15, -0.1) is 0 Å². The number of ether oxygens (including phenoxy) is 1. The average Bonchev–Trinajstić information content (AvgIpc) is 3.03. The van der Waals surface area contributed by atoms with Gasteiger partial charge in [-0.25, -0.2) is 8.78 Å². The molecule has 0 saturated carbocycles. The van der Waals surface area contributed by atoms with Crippen LogP contribution in [0.15, 0.2) is 36.4 Å². The van der Waals surface area contributed by atoms with Gasteiger partial charge in [-0.05, 0) is 29.8 Å². The molecule has 134 valence electrons. The Kier molecular flexibility index (Phi) is 3.96. The maximum atomic E-state index is 14.1. The van der Waals surface area contributed by atoms with Gasteiger partial charge in [0.05, 0.1) is 17.4 Å². The number of carbonyl (C=O) groups excluding carboxylic acids is 2. The van der Waals surface area contributed by atoms with E-state index in [2.05, 4.69) is 5.32 Å². The summed E-state index contributed by atoms with van der Waals surface area (Å²) < 4.78 is 32.5. The quantitative estimate of drug-likeness (QED) is 0.898. The number of amides is 2. The average molecular weight is 358 g/mol. The Hall–Kier alpha value is -2.80. The number of halogens is 2. The number of nitrogens with zero attached hydrogens (tertiary/aromatic N) is 1. The van der Waals surface area contributed by atoms with Crippen molar-refractivity contribution >= 4 is 17.5 Å². The van der Waals surface area contributed by atoms with E-state index in [1.807, 2.05) is 0 Å². The molecule has 5 nitrogen and oxygen atoms in total. The van der Waals surface area contributed by atoms with E-state index in [0.29, 0.717) is 24.2 Å². The van der Waals surface area contributed by atoms with Gasteiger partial charge in [0, 0.05) is 31.7 Å². The van der Waals surface area contributed by atoms with Gasteiger partial charge in [-0.3, -0.25) is 9.59 Å². The van der Waals surface area contributed by atoms with Gasteiger partial charge in [0.15, 0.2) is 0 Å². The summed E-state index contributed by atoms with van der Waals surface area (Å²) >= 11 is 0. The largest absolute Gasteiger partial charge is 0.380 e. The molecule has 0 aliphatic carbocycles. The summed E-state index contributed by atoms with van der Waals surface area (Å²) in [6, 6.07) is 7.38. The molecule has 2 aromatic carbocycles. The van der Waals surface area contributed by atoms with Gasteiger partial charge in [0.1, 0.15) is 17.7 Å². The van der Waals surface area contributed by atoms with Gasteiger partial charge in [-0.1, -0.05) is 6.07 Å². The molecule has 1 fully saturated rings. The lowest BCUT2D eigenvalue weighted by atomic mass is 10.0. The van der Waals surface area contributed by atoms with Crippen molar-refractivity contribution in [1.29, 1.82) is 0 Å². The third kappa shape index (κ3) is 2.64. The first kappa shape index (κ1) is 16.7. The standard InChI is InChI=1S/C19H16F2N2O3/c1-26-12-8-17-18(24)22-16-5-2-10(6-14(16)19(25)23(17)9-12)13-4-3-11(20)7-15(13)21/h2-7,12,17H,8-9H2,1H3,(H,22,24). The molecule has 2 aliphatic heterocycles. The van der Waals surface area contributed by atoms with Gasteiger partial charge in [0.2, 0.25) is 5.91 Å². The van der Waals surface area contributed by atoms with Gasteiger partial charge in [0.25, 0.3) is 5.91 Å². The molecule has 2 atom stereocenters. The van der Waals surface area contributed by atoms with Crippen LogP contribution >= 0.6 is 0 Å². The number of hydrogen-bond acceptors (Lipinski definition) is 3. The lowest BCUT2D eigenvalue weighted by Gasteiger charge is -2.20. The molecular weight excluding hydrogens is 342 g/mol. The molecule has 0 radical (unpaired) electrons. The highest BCUT2D eigenvalue weighted by Gasteiger charge is 2.42. The van der Waals surface area contributed by atoms with Crippen LogP contribution in [-0.2, 0) is 9.53 Å². The molecule has 26 heavy (non-hydrogen) atoms. The first-order valence-corrected chi connectivity index (χ1v) is 8.22. The second-order valence-electron chi connectivity index (χ2n) is 6.44. The van der Waals surface area contributed by atoms with Crippen molar-refractivity contribution in [1.82, 2.24) is 4.90 Å². The van der Waals surface area contributed by atoms with Gasteiger partial charge in [-0.2, -0.15) is 0 Å². The maximum Gasteiger partial charge on any atom is 0.256 e. The van der Waals surface area contributed by atoms with Crippen molar-refractivity contribution in [3.63, 3.8) is 0 Å². The van der Waals surface area contributed by atoms with E-state index in [1.165, 1.54) is 17.0 Å². The highest BCUT2D eigenvalue weighted by molar-refractivity contribution is 6.10. The van der Waals surface area contributed by atoms with Crippen LogP contribution in [0.4, 0.5) is 14.5 Å². The van der Waals surface area contributed by atoms with Crippen molar-refractivity contribution in [3.8, 4) is 11.1 Å². The molecule has 0 aromatic heterocycles. The summed E-state index contributed by atoms with van der Waals surface area (Å²) in [5.41, 5.74) is 1.28. The minimum atomic E-state index is -0.714. The van der Waals surface area contributed by atoms with Gasteiger partial charge < -0.3 is 15.0 Å². The van der Waals surface area contributed by atoms with Crippen LogP contribution in [0.1, 0.15) is 16.8 Å². The van der Waals surface area contributed by atoms with Crippen LogP contribution in [0.3, 0.4) is 0 Å². The number of benzene rings is 2. The summed E-state index contributed by atoms with van der Waals surface area (Å²) in [7, 11) is 1.54. The van der Waals surface area contributed by atoms with E-state index in [0.717, 1.165) is 12.1 Å². The zero-order valence-corrected chi connectivity index (χ0v) is 14.0. The van der Waals surface area contributed by atoms with Crippen molar-refractivity contribution in [3.05, 3.63) is 53.6 Å². The van der Waals surface area contributed by atoms with E-state index in [9.17, 15) is 18.4 Å². The minimum Gasteiger partial charge on any atom is -0.380 e. The van der Waals surface area contributed by atoms with Crippen molar-refractivity contribution < 1.29 is 23.1 Å². The second-order valence-corrected chi connectivity index (χ2v) is 6.44. The second kappa shape index (κ2) is 6.17. The van der Waals surface area contributed by atoms with Crippen LogP contribution in [0.2, 0.25) is 0 Å². The molecule has 2 amide bonds. The first-order valence-electron chi connectivity index (χ1n) is 8.22. The third-order valence-electron chi connectivity index (χ3n) is 4.91. The highest BCUT2D eigenvalue weighted by Crippen LogP contribution is 2.33. The summed E-state index contributed by atoms with van der Waals surface area (Å²) in [5.74, 6) is -1.96. The lowest BCUT2D eigenvalue weighted by molar-refractivity contribution is -0.119. The Labute approximate surface area is 148 Å². The Morgan fingerprint density at radius 1 is 1.12 bits per heavy atom. The predicted octanol–water partition coefficient (Wildman–Crippen LogP) is 2.81. The molecule has 2 unspecified atom stereocenters. The van der Waals surface area contributed by atoms with Gasteiger partial charge >= 0.3 is 0 Å².